The molecular weight excluding hydrogens is 338 g/mol. The summed E-state index contributed by atoms with van der Waals surface area (Å²) in [6.07, 6.45) is 2.32. The van der Waals surface area contributed by atoms with Crippen LogP contribution in [0.25, 0.3) is 0 Å². The van der Waals surface area contributed by atoms with Gasteiger partial charge in [-0.25, -0.2) is 22.5 Å². The Morgan fingerprint density at radius 1 is 1.16 bits per heavy atom. The van der Waals surface area contributed by atoms with Crippen LogP contribution in [0.3, 0.4) is 0 Å². The van der Waals surface area contributed by atoms with Crippen molar-refractivity contribution in [3.8, 4) is 0 Å². The lowest BCUT2D eigenvalue weighted by Gasteiger charge is -2.28. The van der Waals surface area contributed by atoms with Gasteiger partial charge in [-0.2, -0.15) is 0 Å². The van der Waals surface area contributed by atoms with Crippen LogP contribution < -0.4 is 5.56 Å². The zero-order chi connectivity index (χ0) is 17.7. The first kappa shape index (κ1) is 16.3. The van der Waals surface area contributed by atoms with Crippen molar-refractivity contribution in [1.29, 1.82) is 0 Å². The van der Waals surface area contributed by atoms with E-state index in [0.29, 0.717) is 30.0 Å². The molecule has 1 fully saturated rings. The van der Waals surface area contributed by atoms with Gasteiger partial charge in [0.2, 0.25) is 0 Å². The third kappa shape index (κ3) is 2.95. The standard InChI is InChI=1S/C17H15F4N3O/c18-11-5-12(19)15(21)10(14(11)20)6-24-4-3-9-13(7-24)22-16(8-1-2-8)23-17(9)25/h5,8H,1-4,6-7H2,(H,22,23,25). The molecule has 25 heavy (non-hydrogen) atoms. The Morgan fingerprint density at radius 2 is 1.84 bits per heavy atom. The number of hydrogen-bond acceptors (Lipinski definition) is 3. The number of fused-ring (bicyclic) bond motifs is 1. The Kier molecular flexibility index (Phi) is 3.87. The molecule has 2 aromatic rings. The number of nitrogens with one attached hydrogen (secondary N) is 1. The number of H-pyrrole nitrogens is 1. The first-order chi connectivity index (χ1) is 11.9. The number of benzene rings is 1. The van der Waals surface area contributed by atoms with E-state index in [1.165, 1.54) is 0 Å². The third-order valence-electron chi connectivity index (χ3n) is 4.72. The number of aromatic amines is 1. The molecule has 1 aromatic carbocycles. The lowest BCUT2D eigenvalue weighted by Crippen LogP contribution is -2.36. The van der Waals surface area contributed by atoms with Crippen LogP contribution in [-0.2, 0) is 19.5 Å². The summed E-state index contributed by atoms with van der Waals surface area (Å²) in [5.74, 6) is -4.71. The van der Waals surface area contributed by atoms with Gasteiger partial charge >= 0.3 is 0 Å². The van der Waals surface area contributed by atoms with Crippen LogP contribution in [0, 0.1) is 23.3 Å². The molecule has 0 unspecified atom stereocenters. The van der Waals surface area contributed by atoms with Crippen LogP contribution in [0.5, 0.6) is 0 Å². The van der Waals surface area contributed by atoms with Crippen molar-refractivity contribution in [2.24, 2.45) is 0 Å². The Balaban J connectivity index is 1.62. The normalized spacial score (nSPS) is 17.6. The highest BCUT2D eigenvalue weighted by atomic mass is 19.2. The first-order valence-corrected chi connectivity index (χ1v) is 8.10. The zero-order valence-corrected chi connectivity index (χ0v) is 13.2. The first-order valence-electron chi connectivity index (χ1n) is 8.10. The summed E-state index contributed by atoms with van der Waals surface area (Å²) in [7, 11) is 0. The van der Waals surface area contributed by atoms with Crippen molar-refractivity contribution in [2.75, 3.05) is 6.54 Å². The molecule has 1 aliphatic carbocycles. The average molecular weight is 353 g/mol. The molecule has 8 heteroatoms. The number of hydrogen-bond donors (Lipinski definition) is 1. The molecule has 1 aliphatic heterocycles. The minimum absolute atomic E-state index is 0.180. The van der Waals surface area contributed by atoms with Gasteiger partial charge in [-0.15, -0.1) is 0 Å². The molecule has 132 valence electrons. The second kappa shape index (κ2) is 5.94. The van der Waals surface area contributed by atoms with Crippen LogP contribution in [0.15, 0.2) is 10.9 Å². The summed E-state index contributed by atoms with van der Waals surface area (Å²) >= 11 is 0. The third-order valence-corrected chi connectivity index (χ3v) is 4.72. The van der Waals surface area contributed by atoms with Gasteiger partial charge in [0, 0.05) is 42.7 Å². The largest absolute Gasteiger partial charge is 0.310 e. The molecule has 0 saturated heterocycles. The lowest BCUT2D eigenvalue weighted by atomic mass is 10.0. The summed E-state index contributed by atoms with van der Waals surface area (Å²) in [5, 5.41) is 0. The maximum Gasteiger partial charge on any atom is 0.254 e. The van der Waals surface area contributed by atoms with Gasteiger partial charge in [0.05, 0.1) is 5.69 Å². The maximum absolute atomic E-state index is 13.9. The fourth-order valence-electron chi connectivity index (χ4n) is 3.18. The predicted octanol–water partition coefficient (Wildman–Crippen LogP) is 2.76. The lowest BCUT2D eigenvalue weighted by molar-refractivity contribution is 0.230. The van der Waals surface area contributed by atoms with E-state index >= 15 is 0 Å². The molecule has 4 nitrogen and oxygen atoms in total. The maximum atomic E-state index is 13.9. The molecule has 1 saturated carbocycles. The van der Waals surface area contributed by atoms with Gasteiger partial charge in [-0.3, -0.25) is 9.69 Å². The van der Waals surface area contributed by atoms with E-state index < -0.39 is 28.8 Å². The fourth-order valence-corrected chi connectivity index (χ4v) is 3.18. The molecule has 0 amide bonds. The van der Waals surface area contributed by atoms with Crippen molar-refractivity contribution in [1.82, 2.24) is 14.9 Å². The van der Waals surface area contributed by atoms with Crippen molar-refractivity contribution in [2.45, 2.75) is 38.3 Å². The predicted molar refractivity (Wildman–Crippen MR) is 80.9 cm³/mol. The quantitative estimate of drug-likeness (QED) is 0.682. The average Bonchev–Trinajstić information content (AvgIpc) is 3.41. The Labute approximate surface area is 140 Å². The van der Waals surface area contributed by atoms with Gasteiger partial charge in [0.1, 0.15) is 5.82 Å². The van der Waals surface area contributed by atoms with E-state index in [1.807, 2.05) is 0 Å². The van der Waals surface area contributed by atoms with Gasteiger partial charge < -0.3 is 4.98 Å². The Bertz CT molecular complexity index is 881. The van der Waals surface area contributed by atoms with Crippen LogP contribution in [-0.4, -0.2) is 21.4 Å². The number of nitrogens with zero attached hydrogens (tertiary/aromatic N) is 2. The van der Waals surface area contributed by atoms with Crippen LogP contribution >= 0.6 is 0 Å². The van der Waals surface area contributed by atoms with E-state index in [1.54, 1.807) is 4.90 Å². The molecule has 0 radical (unpaired) electrons. The minimum Gasteiger partial charge on any atom is -0.310 e. The zero-order valence-electron chi connectivity index (χ0n) is 13.2. The molecule has 4 rings (SSSR count). The van der Waals surface area contributed by atoms with Crippen LogP contribution in [0.4, 0.5) is 17.6 Å². The van der Waals surface area contributed by atoms with Gasteiger partial charge in [0.25, 0.3) is 5.56 Å². The van der Waals surface area contributed by atoms with Gasteiger partial charge in [-0.1, -0.05) is 0 Å². The summed E-state index contributed by atoms with van der Waals surface area (Å²) in [6.45, 7) is 0.257. The highest BCUT2D eigenvalue weighted by molar-refractivity contribution is 5.25. The van der Waals surface area contributed by atoms with Gasteiger partial charge in [-0.05, 0) is 19.3 Å². The molecule has 0 spiro atoms. The van der Waals surface area contributed by atoms with E-state index in [4.69, 9.17) is 0 Å². The summed E-state index contributed by atoms with van der Waals surface area (Å²) in [6, 6.07) is 0.197. The van der Waals surface area contributed by atoms with Gasteiger partial charge in [0.15, 0.2) is 23.3 Å². The smallest absolute Gasteiger partial charge is 0.254 e. The highest BCUT2D eigenvalue weighted by Gasteiger charge is 2.30. The van der Waals surface area contributed by atoms with E-state index in [9.17, 15) is 22.4 Å². The second-order valence-corrected chi connectivity index (χ2v) is 6.56. The van der Waals surface area contributed by atoms with E-state index in [2.05, 4.69) is 9.97 Å². The van der Waals surface area contributed by atoms with Crippen molar-refractivity contribution >= 4 is 0 Å². The number of halogens is 4. The molecule has 2 heterocycles. The summed E-state index contributed by atoms with van der Waals surface area (Å²) in [4.78, 5) is 21.0. The SMILES string of the molecule is O=c1[nH]c(C2CC2)nc2c1CCN(Cc1c(F)c(F)cc(F)c1F)C2. The summed E-state index contributed by atoms with van der Waals surface area (Å²) < 4.78 is 54.4. The van der Waals surface area contributed by atoms with Crippen molar-refractivity contribution in [3.63, 3.8) is 0 Å². The Hall–Kier alpha value is -2.22. The number of aromatic nitrogens is 2. The topological polar surface area (TPSA) is 49.0 Å². The Morgan fingerprint density at radius 3 is 2.48 bits per heavy atom. The number of rotatable bonds is 3. The minimum atomic E-state index is -1.42. The monoisotopic (exact) mass is 353 g/mol. The van der Waals surface area contributed by atoms with Crippen molar-refractivity contribution < 1.29 is 17.6 Å². The molecule has 0 bridgehead atoms. The van der Waals surface area contributed by atoms with E-state index in [-0.39, 0.29) is 30.6 Å². The van der Waals surface area contributed by atoms with Crippen LogP contribution in [0.2, 0.25) is 0 Å². The van der Waals surface area contributed by atoms with E-state index in [0.717, 1.165) is 12.8 Å². The second-order valence-electron chi connectivity index (χ2n) is 6.56. The molecular formula is C17H15F4N3O. The summed E-state index contributed by atoms with van der Waals surface area (Å²) in [5.41, 5.74) is 0.301. The van der Waals surface area contributed by atoms with Crippen LogP contribution in [0.1, 0.15) is 41.4 Å². The molecule has 2 aliphatic rings. The van der Waals surface area contributed by atoms with Crippen molar-refractivity contribution in [3.05, 3.63) is 62.3 Å². The molecule has 1 N–H and O–H groups in total. The highest BCUT2D eigenvalue weighted by Crippen LogP contribution is 2.38. The fraction of sp³-hybridized carbons (Fsp3) is 0.412. The molecule has 0 atom stereocenters. The molecule has 1 aromatic heterocycles.